The largest absolute Gasteiger partial charge is 0.484 e. The predicted octanol–water partition coefficient (Wildman–Crippen LogP) is 5.99. The zero-order chi connectivity index (χ0) is 24.6. The van der Waals surface area contributed by atoms with Gasteiger partial charge < -0.3 is 18.8 Å². The molecule has 4 fully saturated rings. The van der Waals surface area contributed by atoms with Crippen molar-refractivity contribution in [3.8, 4) is 5.75 Å². The number of fused-ring (bicyclic) bond motifs is 3. The van der Waals surface area contributed by atoms with E-state index in [1.165, 1.54) is 24.8 Å². The smallest absolute Gasteiger partial charge is 0.191 e. The van der Waals surface area contributed by atoms with Crippen molar-refractivity contribution >= 4 is 0 Å². The van der Waals surface area contributed by atoms with Crippen molar-refractivity contribution in [1.29, 1.82) is 0 Å². The van der Waals surface area contributed by atoms with Crippen molar-refractivity contribution < 1.29 is 18.8 Å². The van der Waals surface area contributed by atoms with Crippen molar-refractivity contribution in [2.75, 3.05) is 19.6 Å². The molecule has 1 saturated carbocycles. The number of nitrogens with zero attached hydrogens (tertiary/aromatic N) is 2. The van der Waals surface area contributed by atoms with Crippen LogP contribution in [0.1, 0.15) is 67.5 Å². The van der Waals surface area contributed by atoms with E-state index in [1.54, 1.807) is 0 Å². The summed E-state index contributed by atoms with van der Waals surface area (Å²) in [6, 6.07) is 20.5. The number of aliphatic hydroxyl groups is 1. The van der Waals surface area contributed by atoms with Crippen molar-refractivity contribution in [3.05, 3.63) is 83.2 Å². The first-order valence-electron chi connectivity index (χ1n) is 13.9. The van der Waals surface area contributed by atoms with Crippen LogP contribution in [0.3, 0.4) is 0 Å². The second-order valence-electron chi connectivity index (χ2n) is 11.6. The molecule has 1 N–H and O–H groups in total. The number of quaternary nitrogens is 1. The average molecular weight is 488 g/mol. The number of aromatic nitrogens is 1. The summed E-state index contributed by atoms with van der Waals surface area (Å²) in [5.74, 6) is 2.65. The Hall–Kier alpha value is -2.63. The summed E-state index contributed by atoms with van der Waals surface area (Å²) in [4.78, 5) is 0. The highest BCUT2D eigenvalue weighted by atomic mass is 16.5. The van der Waals surface area contributed by atoms with Crippen LogP contribution in [0.4, 0.5) is 0 Å². The Bertz CT molecular complexity index is 1160. The Morgan fingerprint density at radius 2 is 1.75 bits per heavy atom. The van der Waals surface area contributed by atoms with Gasteiger partial charge in [-0.1, -0.05) is 66.9 Å². The first kappa shape index (κ1) is 23.7. The molecule has 0 radical (unpaired) electrons. The number of aryl methyl sites for hydroxylation is 1. The van der Waals surface area contributed by atoms with E-state index < -0.39 is 5.60 Å². The van der Waals surface area contributed by atoms with Crippen molar-refractivity contribution in [2.24, 2.45) is 11.8 Å². The summed E-state index contributed by atoms with van der Waals surface area (Å²) >= 11 is 0. The molecule has 2 atom stereocenters. The van der Waals surface area contributed by atoms with Gasteiger partial charge in [0.2, 0.25) is 0 Å². The number of benzene rings is 2. The van der Waals surface area contributed by atoms with Gasteiger partial charge in [-0.15, -0.1) is 0 Å². The molecule has 7 rings (SSSR count). The van der Waals surface area contributed by atoms with E-state index in [9.17, 15) is 5.11 Å². The first-order valence-corrected chi connectivity index (χ1v) is 13.9. The molecule has 0 unspecified atom stereocenters. The standard InChI is InChI=1S/C31H39N2O3/c1-23-9-8-14-27(19-23)35-29-22-33(17-15-24(29)16-18-33)21-28-20-30(32-36-28)31(34,25-10-4-2-5-11-25)26-12-6-3-7-13-26/h2,4-5,8-11,14,19-20,24,26,29,34H,3,6-7,12-13,15-18,21-22H2,1H3/q+1/t24?,29-,31-,33?/m0/s1. The lowest BCUT2D eigenvalue weighted by Gasteiger charge is -2.51. The monoisotopic (exact) mass is 487 g/mol. The molecule has 3 aromatic rings. The Labute approximate surface area is 214 Å². The summed E-state index contributed by atoms with van der Waals surface area (Å²) in [6.45, 7) is 6.23. The molecule has 36 heavy (non-hydrogen) atoms. The lowest BCUT2D eigenvalue weighted by Crippen LogP contribution is -2.64. The summed E-state index contributed by atoms with van der Waals surface area (Å²) in [5, 5.41) is 16.7. The second-order valence-corrected chi connectivity index (χ2v) is 11.6. The molecule has 4 heterocycles. The van der Waals surface area contributed by atoms with Gasteiger partial charge in [0.15, 0.2) is 11.9 Å². The molecule has 1 aromatic heterocycles. The molecule has 4 aliphatic rings. The van der Waals surface area contributed by atoms with Gasteiger partial charge in [0.05, 0.1) is 13.1 Å². The lowest BCUT2D eigenvalue weighted by molar-refractivity contribution is -0.959. The molecule has 2 aromatic carbocycles. The Balaban J connectivity index is 1.23. The maximum absolute atomic E-state index is 12.2. The highest BCUT2D eigenvalue weighted by Crippen LogP contribution is 2.44. The van der Waals surface area contributed by atoms with E-state index in [0.717, 1.165) is 73.4 Å². The SMILES string of the molecule is Cc1cccc(O[C@H]2C[N+]3(Cc4cc([C@](O)(c5ccccc5)C5CCCCC5)no4)CCC2CC3)c1. The normalized spacial score (nSPS) is 28.1. The zero-order valence-electron chi connectivity index (χ0n) is 21.4. The van der Waals surface area contributed by atoms with E-state index >= 15 is 0 Å². The molecule has 3 saturated heterocycles. The minimum atomic E-state index is -1.10. The highest BCUT2D eigenvalue weighted by Gasteiger charge is 2.48. The van der Waals surface area contributed by atoms with Crippen molar-refractivity contribution in [2.45, 2.75) is 70.1 Å². The second kappa shape index (κ2) is 9.68. The summed E-state index contributed by atoms with van der Waals surface area (Å²) in [6.07, 6.45) is 8.22. The molecule has 0 amide bonds. The van der Waals surface area contributed by atoms with Crippen LogP contribution in [0.25, 0.3) is 0 Å². The van der Waals surface area contributed by atoms with Crippen LogP contribution in [-0.2, 0) is 12.1 Å². The van der Waals surface area contributed by atoms with Gasteiger partial charge in [-0.05, 0) is 48.9 Å². The molecule has 1 aliphatic carbocycles. The van der Waals surface area contributed by atoms with E-state index in [2.05, 4.69) is 36.3 Å². The maximum atomic E-state index is 12.2. The molecule has 190 valence electrons. The van der Waals surface area contributed by atoms with Gasteiger partial charge in [0, 0.05) is 24.8 Å². The highest BCUT2D eigenvalue weighted by molar-refractivity contribution is 5.33. The van der Waals surface area contributed by atoms with Crippen LogP contribution < -0.4 is 4.74 Å². The van der Waals surface area contributed by atoms with E-state index in [4.69, 9.17) is 9.26 Å². The minimum Gasteiger partial charge on any atom is -0.484 e. The van der Waals surface area contributed by atoms with E-state index in [1.807, 2.05) is 36.4 Å². The van der Waals surface area contributed by atoms with Gasteiger partial charge in [0.25, 0.3) is 0 Å². The third-order valence-corrected chi connectivity index (χ3v) is 9.17. The van der Waals surface area contributed by atoms with E-state index in [0.29, 0.717) is 11.6 Å². The first-order chi connectivity index (χ1) is 17.5. The molecular weight excluding hydrogens is 448 g/mol. The fourth-order valence-electron chi connectivity index (χ4n) is 7.14. The Kier molecular flexibility index (Phi) is 6.38. The van der Waals surface area contributed by atoms with E-state index in [-0.39, 0.29) is 12.0 Å². The number of hydrogen-bond donors (Lipinski definition) is 1. The number of hydrogen-bond acceptors (Lipinski definition) is 4. The summed E-state index contributed by atoms with van der Waals surface area (Å²) < 4.78 is 13.5. The molecule has 5 heteroatoms. The van der Waals surface area contributed by atoms with Gasteiger partial charge in [-0.3, -0.25) is 0 Å². The average Bonchev–Trinajstić information content (AvgIpc) is 3.38. The third-order valence-electron chi connectivity index (χ3n) is 9.17. The van der Waals surface area contributed by atoms with Gasteiger partial charge >= 0.3 is 0 Å². The molecule has 3 aliphatic heterocycles. The fraction of sp³-hybridized carbons (Fsp3) is 0.516. The Morgan fingerprint density at radius 3 is 2.50 bits per heavy atom. The molecule has 5 nitrogen and oxygen atoms in total. The lowest BCUT2D eigenvalue weighted by atomic mass is 9.71. The van der Waals surface area contributed by atoms with Gasteiger partial charge in [-0.2, -0.15) is 0 Å². The third kappa shape index (κ3) is 4.48. The number of piperidine rings is 3. The van der Waals surface area contributed by atoms with Crippen LogP contribution in [-0.4, -0.2) is 40.5 Å². The summed E-state index contributed by atoms with van der Waals surface area (Å²) in [7, 11) is 0. The maximum Gasteiger partial charge on any atom is 0.191 e. The van der Waals surface area contributed by atoms with Crippen LogP contribution in [0.15, 0.2) is 65.2 Å². The zero-order valence-corrected chi connectivity index (χ0v) is 21.4. The quantitative estimate of drug-likeness (QED) is 0.416. The molecule has 2 bridgehead atoms. The van der Waals surface area contributed by atoms with Crippen molar-refractivity contribution in [1.82, 2.24) is 5.16 Å². The van der Waals surface area contributed by atoms with Crippen LogP contribution in [0.2, 0.25) is 0 Å². The van der Waals surface area contributed by atoms with Gasteiger partial charge in [-0.25, -0.2) is 0 Å². The minimum absolute atomic E-state index is 0.163. The summed E-state index contributed by atoms with van der Waals surface area (Å²) in [5.41, 5.74) is 1.73. The van der Waals surface area contributed by atoms with Crippen molar-refractivity contribution in [3.63, 3.8) is 0 Å². The van der Waals surface area contributed by atoms with Crippen LogP contribution in [0, 0.1) is 18.8 Å². The Morgan fingerprint density at radius 1 is 0.972 bits per heavy atom. The van der Waals surface area contributed by atoms with Crippen LogP contribution in [0.5, 0.6) is 5.75 Å². The predicted molar refractivity (Wildman–Crippen MR) is 139 cm³/mol. The topological polar surface area (TPSA) is 55.5 Å². The fourth-order valence-corrected chi connectivity index (χ4v) is 7.14. The number of rotatable bonds is 7. The molecule has 0 spiro atoms. The van der Waals surface area contributed by atoms with Gasteiger partial charge in [0.1, 0.15) is 30.1 Å². The number of ether oxygens (including phenoxy) is 1. The van der Waals surface area contributed by atoms with Crippen LogP contribution >= 0.6 is 0 Å². The molecular formula is C31H39N2O3+.